The predicted molar refractivity (Wildman–Crippen MR) is 190 cm³/mol. The summed E-state index contributed by atoms with van der Waals surface area (Å²) in [5, 5.41) is 12.6. The van der Waals surface area contributed by atoms with Crippen LogP contribution in [0.5, 0.6) is 0 Å². The molecule has 0 saturated carbocycles. The van der Waals surface area contributed by atoms with Crippen LogP contribution < -0.4 is 5.09 Å². The molecule has 0 aromatic rings. The molecule has 1 aliphatic rings. The Morgan fingerprint density at radius 2 is 1.13 bits per heavy atom. The second-order valence-electron chi connectivity index (χ2n) is 13.4. The maximum absolute atomic E-state index is 13.0. The highest BCUT2D eigenvalue weighted by Gasteiger charge is 2.36. The zero-order valence-corrected chi connectivity index (χ0v) is 31.0. The van der Waals surface area contributed by atoms with Crippen molar-refractivity contribution >= 4 is 13.7 Å². The highest BCUT2D eigenvalue weighted by atomic mass is 31.2. The van der Waals surface area contributed by atoms with Crippen LogP contribution in [0.15, 0.2) is 0 Å². The van der Waals surface area contributed by atoms with E-state index in [9.17, 15) is 14.5 Å². The van der Waals surface area contributed by atoms with Gasteiger partial charge in [-0.3, -0.25) is 9.05 Å². The van der Waals surface area contributed by atoms with Crippen LogP contribution in [0.3, 0.4) is 0 Å². The Balaban J connectivity index is 2.17. The van der Waals surface area contributed by atoms with E-state index in [0.29, 0.717) is 19.6 Å². The van der Waals surface area contributed by atoms with E-state index in [0.717, 1.165) is 32.1 Å². The van der Waals surface area contributed by atoms with Crippen molar-refractivity contribution in [3.05, 3.63) is 0 Å². The van der Waals surface area contributed by atoms with Crippen LogP contribution in [-0.2, 0) is 27.9 Å². The SMILES string of the molecule is CCCCCCCCCCCCCCCCOCC(CO)OC(=O)C(CCCCCCCCCCCCCC)OP1(=O)NCCO1. The molecule has 0 bridgehead atoms. The molecule has 3 unspecified atom stereocenters. The average molecular weight is 676 g/mol. The number of nitrogens with one attached hydrogen (secondary N) is 1. The topological polar surface area (TPSA) is 103 Å². The van der Waals surface area contributed by atoms with Gasteiger partial charge in [0.2, 0.25) is 0 Å². The number of aliphatic hydroxyl groups is 1. The lowest BCUT2D eigenvalue weighted by Crippen LogP contribution is -2.34. The lowest BCUT2D eigenvalue weighted by molar-refractivity contribution is -0.163. The molecule has 0 aliphatic carbocycles. The summed E-state index contributed by atoms with van der Waals surface area (Å²) in [5.41, 5.74) is 0. The highest BCUT2D eigenvalue weighted by molar-refractivity contribution is 7.51. The van der Waals surface area contributed by atoms with Crippen molar-refractivity contribution in [2.45, 2.75) is 199 Å². The van der Waals surface area contributed by atoms with Crippen LogP contribution in [0.25, 0.3) is 0 Å². The molecule has 8 nitrogen and oxygen atoms in total. The van der Waals surface area contributed by atoms with Crippen LogP contribution in [0.2, 0.25) is 0 Å². The van der Waals surface area contributed by atoms with Gasteiger partial charge in [-0.1, -0.05) is 174 Å². The first-order chi connectivity index (χ1) is 22.5. The molecule has 0 aromatic heterocycles. The molecular weight excluding hydrogens is 601 g/mol. The van der Waals surface area contributed by atoms with Gasteiger partial charge in [-0.2, -0.15) is 0 Å². The number of ether oxygens (including phenoxy) is 2. The molecule has 9 heteroatoms. The lowest BCUT2D eigenvalue weighted by atomic mass is 10.0. The van der Waals surface area contributed by atoms with Crippen molar-refractivity contribution in [1.82, 2.24) is 5.09 Å². The van der Waals surface area contributed by atoms with Gasteiger partial charge in [0.05, 0.1) is 19.8 Å². The Morgan fingerprint density at radius 1 is 0.696 bits per heavy atom. The fraction of sp³-hybridized carbons (Fsp3) is 0.973. The van der Waals surface area contributed by atoms with Gasteiger partial charge in [-0.15, -0.1) is 0 Å². The minimum atomic E-state index is -3.52. The predicted octanol–water partition coefficient (Wildman–Crippen LogP) is 10.6. The third-order valence-corrected chi connectivity index (χ3v) is 10.6. The van der Waals surface area contributed by atoms with E-state index in [1.54, 1.807) is 0 Å². The Hall–Kier alpha value is -0.500. The van der Waals surface area contributed by atoms with Crippen molar-refractivity contribution < 1.29 is 33.0 Å². The number of carbonyl (C=O) groups is 1. The summed E-state index contributed by atoms with van der Waals surface area (Å²) in [6.45, 7) is 5.61. The first-order valence-corrected chi connectivity index (χ1v) is 21.2. The van der Waals surface area contributed by atoms with Crippen molar-refractivity contribution in [3.8, 4) is 0 Å². The molecule has 3 atom stereocenters. The smallest absolute Gasteiger partial charge is 0.406 e. The summed E-state index contributed by atoms with van der Waals surface area (Å²) in [5.74, 6) is -0.616. The number of esters is 1. The molecule has 0 radical (unpaired) electrons. The Kier molecular flexibility index (Phi) is 30.0. The highest BCUT2D eigenvalue weighted by Crippen LogP contribution is 2.48. The van der Waals surface area contributed by atoms with E-state index in [-0.39, 0.29) is 19.8 Å². The fourth-order valence-corrected chi connectivity index (χ4v) is 7.44. The minimum Gasteiger partial charge on any atom is -0.456 e. The molecule has 1 rings (SSSR count). The summed E-state index contributed by atoms with van der Waals surface area (Å²) in [6.07, 6.45) is 31.5. The van der Waals surface area contributed by atoms with E-state index >= 15 is 0 Å². The Labute approximate surface area is 283 Å². The van der Waals surface area contributed by atoms with Gasteiger partial charge in [0, 0.05) is 13.2 Å². The number of rotatable bonds is 35. The van der Waals surface area contributed by atoms with Gasteiger partial charge in [-0.05, 0) is 12.8 Å². The standard InChI is InChI=1S/C37H74NO7P/c1-3-5-7-9-11-13-15-17-18-20-22-24-26-28-31-42-34-35(33-39)44-37(40)36(45-46(41)38-30-32-43-46)29-27-25-23-21-19-16-14-12-10-8-6-4-2/h35-36,39H,3-34H2,1-2H3,(H,38,41). The zero-order chi connectivity index (χ0) is 33.4. The molecule has 1 heterocycles. The van der Waals surface area contributed by atoms with Crippen molar-refractivity contribution in [1.29, 1.82) is 0 Å². The summed E-state index contributed by atoms with van der Waals surface area (Å²) >= 11 is 0. The van der Waals surface area contributed by atoms with Crippen LogP contribution in [-0.4, -0.2) is 56.3 Å². The summed E-state index contributed by atoms with van der Waals surface area (Å²) in [6, 6.07) is 0. The third-order valence-electron chi connectivity index (χ3n) is 8.95. The molecule has 46 heavy (non-hydrogen) atoms. The summed E-state index contributed by atoms with van der Waals surface area (Å²) < 4.78 is 35.0. The normalized spacial score (nSPS) is 17.8. The molecule has 274 valence electrons. The second kappa shape index (κ2) is 31.7. The number of hydrogen-bond acceptors (Lipinski definition) is 7. The van der Waals surface area contributed by atoms with Crippen LogP contribution in [0.1, 0.15) is 187 Å². The molecule has 1 fully saturated rings. The van der Waals surface area contributed by atoms with Gasteiger partial charge in [0.25, 0.3) is 0 Å². The number of hydrogen-bond donors (Lipinski definition) is 2. The molecular formula is C37H74NO7P. The van der Waals surface area contributed by atoms with Crippen LogP contribution in [0, 0.1) is 0 Å². The molecule has 0 amide bonds. The number of carbonyl (C=O) groups excluding carboxylic acids is 1. The maximum atomic E-state index is 13.0. The average Bonchev–Trinajstić information content (AvgIpc) is 3.49. The third kappa shape index (κ3) is 25.5. The number of aliphatic hydroxyl groups excluding tert-OH is 1. The van der Waals surface area contributed by atoms with Crippen molar-refractivity contribution in [2.75, 3.05) is 33.0 Å². The number of unbranched alkanes of at least 4 members (excludes halogenated alkanes) is 24. The van der Waals surface area contributed by atoms with Crippen LogP contribution >= 0.6 is 7.75 Å². The van der Waals surface area contributed by atoms with Crippen molar-refractivity contribution in [2.24, 2.45) is 0 Å². The minimum absolute atomic E-state index is 0.137. The summed E-state index contributed by atoms with van der Waals surface area (Å²) in [7, 11) is -3.52. The first kappa shape index (κ1) is 43.5. The molecule has 2 N–H and O–H groups in total. The van der Waals surface area contributed by atoms with Gasteiger partial charge in [-0.25, -0.2) is 14.4 Å². The largest absolute Gasteiger partial charge is 0.456 e. The van der Waals surface area contributed by atoms with Crippen molar-refractivity contribution in [3.63, 3.8) is 0 Å². The quantitative estimate of drug-likeness (QED) is 0.0389. The van der Waals surface area contributed by atoms with Gasteiger partial charge >= 0.3 is 13.7 Å². The van der Waals surface area contributed by atoms with Gasteiger partial charge in [0.1, 0.15) is 6.10 Å². The van der Waals surface area contributed by atoms with Gasteiger partial charge < -0.3 is 14.6 Å². The van der Waals surface area contributed by atoms with E-state index in [1.807, 2.05) is 0 Å². The summed E-state index contributed by atoms with van der Waals surface area (Å²) in [4.78, 5) is 13.0. The van der Waals surface area contributed by atoms with Gasteiger partial charge in [0.15, 0.2) is 6.10 Å². The fourth-order valence-electron chi connectivity index (χ4n) is 5.99. The Morgan fingerprint density at radius 3 is 1.54 bits per heavy atom. The maximum Gasteiger partial charge on any atom is 0.406 e. The molecule has 1 aliphatic heterocycles. The lowest BCUT2D eigenvalue weighted by Gasteiger charge is -2.23. The zero-order valence-electron chi connectivity index (χ0n) is 30.1. The van der Waals surface area contributed by atoms with E-state index in [1.165, 1.54) is 135 Å². The molecule has 0 aromatic carbocycles. The molecule has 0 spiro atoms. The van der Waals surface area contributed by atoms with Crippen LogP contribution in [0.4, 0.5) is 0 Å². The second-order valence-corrected chi connectivity index (χ2v) is 15.2. The van der Waals surface area contributed by atoms with E-state index < -0.39 is 25.9 Å². The van der Waals surface area contributed by atoms with E-state index in [2.05, 4.69) is 18.9 Å². The van der Waals surface area contributed by atoms with E-state index in [4.69, 9.17) is 18.5 Å². The molecule has 1 saturated heterocycles. The monoisotopic (exact) mass is 676 g/mol. The first-order valence-electron chi connectivity index (χ1n) is 19.6. The Bertz CT molecular complexity index is 716.